The Balaban J connectivity index is 0.00000117. The zero-order valence-corrected chi connectivity index (χ0v) is 16.6. The molecule has 0 amide bonds. The van der Waals surface area contributed by atoms with Crippen LogP contribution in [-0.4, -0.2) is 6.47 Å². The topological polar surface area (TPSA) is 26.3 Å². The summed E-state index contributed by atoms with van der Waals surface area (Å²) in [5, 5.41) is 0.721. The summed E-state index contributed by atoms with van der Waals surface area (Å²) in [7, 11) is 0. The molecule has 0 saturated carbocycles. The van der Waals surface area contributed by atoms with E-state index in [1.807, 2.05) is 69.3 Å². The molecule has 4 heteroatoms. The molecule has 3 aromatic rings. The van der Waals surface area contributed by atoms with Crippen molar-refractivity contribution in [3.8, 4) is 16.2 Å². The number of thiophene rings is 1. The molecular weight excluding hydrogens is 364 g/mol. The minimum Gasteiger partial charge on any atom is -0.428 e. The Morgan fingerprint density at radius 1 is 1.04 bits per heavy atom. The van der Waals surface area contributed by atoms with Gasteiger partial charge in [-0.05, 0) is 48.4 Å². The number of hydrogen-bond acceptors (Lipinski definition) is 3. The average molecular weight is 385 g/mol. The average Bonchev–Trinajstić information content (AvgIpc) is 3.15. The lowest BCUT2D eigenvalue weighted by Gasteiger charge is -2.09. The SMILES string of the molecule is C/C=C(/c1ccc(-c2cccc(Cl)c2)s1)c1ccccc1OC=O.CC. The van der Waals surface area contributed by atoms with Crippen LogP contribution in [0.15, 0.2) is 66.7 Å². The van der Waals surface area contributed by atoms with E-state index in [0.717, 1.165) is 31.5 Å². The monoisotopic (exact) mass is 384 g/mol. The first-order valence-corrected chi connectivity index (χ1v) is 9.64. The molecule has 2 aromatic carbocycles. The van der Waals surface area contributed by atoms with E-state index in [4.69, 9.17) is 16.3 Å². The van der Waals surface area contributed by atoms with Crippen LogP contribution >= 0.6 is 22.9 Å². The lowest BCUT2D eigenvalue weighted by molar-refractivity contribution is -0.120. The number of ether oxygens (including phenoxy) is 1. The van der Waals surface area contributed by atoms with Crippen LogP contribution in [-0.2, 0) is 4.79 Å². The molecule has 2 nitrogen and oxygen atoms in total. The van der Waals surface area contributed by atoms with Crippen molar-refractivity contribution in [2.24, 2.45) is 0 Å². The molecule has 134 valence electrons. The van der Waals surface area contributed by atoms with E-state index >= 15 is 0 Å². The van der Waals surface area contributed by atoms with Crippen LogP contribution in [0, 0.1) is 0 Å². The van der Waals surface area contributed by atoms with Crippen LogP contribution in [0.4, 0.5) is 0 Å². The second-order valence-corrected chi connectivity index (χ2v) is 6.61. The summed E-state index contributed by atoms with van der Waals surface area (Å²) in [5.74, 6) is 0.554. The van der Waals surface area contributed by atoms with Crippen LogP contribution in [0.2, 0.25) is 5.02 Å². The Bertz CT molecular complexity index is 896. The van der Waals surface area contributed by atoms with Gasteiger partial charge in [-0.1, -0.05) is 61.9 Å². The molecule has 0 bridgehead atoms. The summed E-state index contributed by atoms with van der Waals surface area (Å²) in [6.45, 7) is 6.43. The first-order valence-electron chi connectivity index (χ1n) is 8.45. The van der Waals surface area contributed by atoms with Gasteiger partial charge in [0.25, 0.3) is 6.47 Å². The van der Waals surface area contributed by atoms with E-state index < -0.39 is 0 Å². The molecule has 0 N–H and O–H groups in total. The minimum atomic E-state index is 0.456. The van der Waals surface area contributed by atoms with Gasteiger partial charge in [-0.2, -0.15) is 0 Å². The van der Waals surface area contributed by atoms with Crippen molar-refractivity contribution in [1.82, 2.24) is 0 Å². The fourth-order valence-corrected chi connectivity index (χ4v) is 3.84. The number of carbonyl (C=O) groups excluding carboxylic acids is 1. The van der Waals surface area contributed by atoms with Crippen LogP contribution in [0.25, 0.3) is 16.0 Å². The van der Waals surface area contributed by atoms with Gasteiger partial charge in [0.1, 0.15) is 5.75 Å². The molecule has 0 spiro atoms. The zero-order valence-electron chi connectivity index (χ0n) is 15.0. The zero-order chi connectivity index (χ0) is 18.9. The molecule has 0 aliphatic carbocycles. The first kappa shape index (κ1) is 20.0. The normalized spacial score (nSPS) is 10.7. The summed E-state index contributed by atoms with van der Waals surface area (Å²) in [5.41, 5.74) is 3.02. The highest BCUT2D eigenvalue weighted by atomic mass is 35.5. The first-order chi connectivity index (χ1) is 12.7. The van der Waals surface area contributed by atoms with Crippen molar-refractivity contribution in [1.29, 1.82) is 0 Å². The van der Waals surface area contributed by atoms with Crippen molar-refractivity contribution in [3.05, 3.63) is 82.2 Å². The quantitative estimate of drug-likeness (QED) is 0.439. The molecule has 1 aromatic heterocycles. The Morgan fingerprint density at radius 3 is 2.50 bits per heavy atom. The predicted molar refractivity (Wildman–Crippen MR) is 112 cm³/mol. The molecule has 26 heavy (non-hydrogen) atoms. The van der Waals surface area contributed by atoms with Gasteiger partial charge < -0.3 is 4.74 Å². The van der Waals surface area contributed by atoms with Gasteiger partial charge in [-0.15, -0.1) is 11.3 Å². The van der Waals surface area contributed by atoms with Crippen molar-refractivity contribution < 1.29 is 9.53 Å². The Morgan fingerprint density at radius 2 is 1.81 bits per heavy atom. The lowest BCUT2D eigenvalue weighted by Crippen LogP contribution is -1.94. The second kappa shape index (κ2) is 9.95. The summed E-state index contributed by atoms with van der Waals surface area (Å²) >= 11 is 7.76. The Kier molecular flexibility index (Phi) is 7.64. The lowest BCUT2D eigenvalue weighted by atomic mass is 10.0. The maximum atomic E-state index is 10.7. The summed E-state index contributed by atoms with van der Waals surface area (Å²) in [6, 6.07) is 19.5. The Labute approximate surface area is 163 Å². The fraction of sp³-hybridized carbons (Fsp3) is 0.136. The van der Waals surface area contributed by atoms with Crippen LogP contribution in [0.1, 0.15) is 31.2 Å². The smallest absolute Gasteiger partial charge is 0.298 e. The van der Waals surface area contributed by atoms with Crippen LogP contribution in [0.5, 0.6) is 5.75 Å². The third-order valence-corrected chi connectivity index (χ3v) is 5.02. The summed E-state index contributed by atoms with van der Waals surface area (Å²) in [6.07, 6.45) is 2.03. The van der Waals surface area contributed by atoms with Crippen molar-refractivity contribution in [2.75, 3.05) is 0 Å². The number of para-hydroxylation sites is 1. The molecule has 0 atom stereocenters. The fourth-order valence-electron chi connectivity index (χ4n) is 2.55. The molecule has 3 rings (SSSR count). The van der Waals surface area contributed by atoms with Gasteiger partial charge in [-0.3, -0.25) is 4.79 Å². The number of hydrogen-bond donors (Lipinski definition) is 0. The van der Waals surface area contributed by atoms with Crippen molar-refractivity contribution >= 4 is 35.0 Å². The van der Waals surface area contributed by atoms with E-state index in [9.17, 15) is 4.79 Å². The highest BCUT2D eigenvalue weighted by Crippen LogP contribution is 2.38. The van der Waals surface area contributed by atoms with Crippen LogP contribution in [0.3, 0.4) is 0 Å². The molecular formula is C22H21ClO2S. The van der Waals surface area contributed by atoms with E-state index in [2.05, 4.69) is 12.1 Å². The summed E-state index contributed by atoms with van der Waals surface area (Å²) < 4.78 is 5.11. The van der Waals surface area contributed by atoms with Gasteiger partial charge in [0.15, 0.2) is 0 Å². The molecule has 0 fully saturated rings. The molecule has 1 heterocycles. The van der Waals surface area contributed by atoms with Gasteiger partial charge in [-0.25, -0.2) is 0 Å². The maximum absolute atomic E-state index is 10.7. The van der Waals surface area contributed by atoms with E-state index in [0.29, 0.717) is 12.2 Å². The van der Waals surface area contributed by atoms with Gasteiger partial charge in [0.2, 0.25) is 0 Å². The predicted octanol–water partition coefficient (Wildman–Crippen LogP) is 7.08. The number of benzene rings is 2. The molecule has 0 radical (unpaired) electrons. The van der Waals surface area contributed by atoms with Crippen molar-refractivity contribution in [3.63, 3.8) is 0 Å². The van der Waals surface area contributed by atoms with Crippen molar-refractivity contribution in [2.45, 2.75) is 20.8 Å². The number of carbonyl (C=O) groups is 1. The van der Waals surface area contributed by atoms with Gasteiger partial charge in [0.05, 0.1) is 0 Å². The number of halogens is 1. The van der Waals surface area contributed by atoms with E-state index in [-0.39, 0.29) is 0 Å². The number of allylic oxidation sites excluding steroid dienone is 1. The number of rotatable bonds is 5. The highest BCUT2D eigenvalue weighted by molar-refractivity contribution is 7.16. The Hall–Kier alpha value is -2.36. The third kappa shape index (κ3) is 4.63. The maximum Gasteiger partial charge on any atom is 0.298 e. The molecule has 0 aliphatic heterocycles. The standard InChI is InChI=1S/C20H15ClO2S.C2H6/c1-2-16(17-8-3-4-9-18(17)23-13-22)20-11-10-19(24-20)14-6-5-7-15(21)12-14;1-2/h2-13H,1H3;1-2H3/b16-2+;. The second-order valence-electron chi connectivity index (χ2n) is 5.09. The van der Waals surface area contributed by atoms with Gasteiger partial charge in [0, 0.05) is 20.3 Å². The van der Waals surface area contributed by atoms with E-state index in [1.165, 1.54) is 0 Å². The van der Waals surface area contributed by atoms with E-state index in [1.54, 1.807) is 17.4 Å². The largest absolute Gasteiger partial charge is 0.428 e. The minimum absolute atomic E-state index is 0.456. The third-order valence-electron chi connectivity index (χ3n) is 3.62. The molecule has 0 aliphatic rings. The molecule has 0 unspecified atom stereocenters. The molecule has 0 saturated heterocycles. The van der Waals surface area contributed by atoms with Crippen LogP contribution < -0.4 is 4.74 Å². The van der Waals surface area contributed by atoms with Gasteiger partial charge >= 0.3 is 0 Å². The highest BCUT2D eigenvalue weighted by Gasteiger charge is 2.13. The summed E-state index contributed by atoms with van der Waals surface area (Å²) in [4.78, 5) is 13.0.